The quantitative estimate of drug-likeness (QED) is 0.729. The molecule has 1 aliphatic heterocycles. The van der Waals surface area contributed by atoms with Crippen molar-refractivity contribution in [3.05, 3.63) is 59.2 Å². The Balaban J connectivity index is 1.49. The lowest BCUT2D eigenvalue weighted by atomic mass is 10.0. The van der Waals surface area contributed by atoms with Crippen molar-refractivity contribution >= 4 is 17.3 Å². The molecule has 138 valence electrons. The second kappa shape index (κ2) is 6.75. The number of nitrogens with zero attached hydrogens (tertiary/aromatic N) is 2. The highest BCUT2D eigenvalue weighted by atomic mass is 19.2. The molecule has 0 bridgehead atoms. The van der Waals surface area contributed by atoms with Crippen LogP contribution in [-0.4, -0.2) is 16.0 Å². The average Bonchev–Trinajstić information content (AvgIpc) is 3.11. The fraction of sp³-hybridized carbons (Fsp3) is 0.167. The minimum Gasteiger partial charge on any atom is -0.374 e. The zero-order chi connectivity index (χ0) is 19.0. The molecule has 2 N–H and O–H groups in total. The highest BCUT2D eigenvalue weighted by molar-refractivity contribution is 5.94. The van der Waals surface area contributed by atoms with Crippen LogP contribution in [0.15, 0.2) is 34.9 Å². The van der Waals surface area contributed by atoms with E-state index in [2.05, 4.69) is 20.8 Å². The van der Waals surface area contributed by atoms with Crippen molar-refractivity contribution in [2.45, 2.75) is 19.4 Å². The summed E-state index contributed by atoms with van der Waals surface area (Å²) in [6.45, 7) is 0.0404. The Morgan fingerprint density at radius 3 is 2.74 bits per heavy atom. The Kier molecular flexibility index (Phi) is 4.27. The van der Waals surface area contributed by atoms with E-state index in [0.29, 0.717) is 18.5 Å². The summed E-state index contributed by atoms with van der Waals surface area (Å²) >= 11 is 0. The number of halogens is 3. The molecule has 1 aliphatic rings. The van der Waals surface area contributed by atoms with Crippen molar-refractivity contribution in [3.63, 3.8) is 0 Å². The minimum atomic E-state index is -1.01. The van der Waals surface area contributed by atoms with Crippen molar-refractivity contribution in [3.8, 4) is 11.4 Å². The van der Waals surface area contributed by atoms with Crippen LogP contribution < -0.4 is 10.6 Å². The van der Waals surface area contributed by atoms with E-state index < -0.39 is 17.5 Å². The largest absolute Gasteiger partial charge is 0.374 e. The summed E-state index contributed by atoms with van der Waals surface area (Å²) in [6.07, 6.45) is 0.871. The van der Waals surface area contributed by atoms with E-state index in [-0.39, 0.29) is 35.4 Å². The predicted molar refractivity (Wildman–Crippen MR) is 90.3 cm³/mol. The molecule has 0 spiro atoms. The van der Waals surface area contributed by atoms with Gasteiger partial charge in [0.1, 0.15) is 5.82 Å². The minimum absolute atomic E-state index is 0.0404. The molecular formula is C18H13F3N4O2. The number of nitrogens with one attached hydrogen (secondary N) is 2. The van der Waals surface area contributed by atoms with Crippen LogP contribution in [0, 0.1) is 17.5 Å². The summed E-state index contributed by atoms with van der Waals surface area (Å²) in [5, 5.41) is 9.20. The van der Waals surface area contributed by atoms with Gasteiger partial charge in [-0.15, -0.1) is 0 Å². The van der Waals surface area contributed by atoms with Crippen molar-refractivity contribution in [2.24, 2.45) is 0 Å². The Hall–Kier alpha value is -3.36. The number of rotatable bonds is 4. The SMILES string of the molecule is O=C1CCc2cc(NCc3nc(-c4ccc(F)c(F)c4)no3)c(F)cc2N1. The van der Waals surface area contributed by atoms with Crippen LogP contribution in [0.25, 0.3) is 11.4 Å². The zero-order valence-corrected chi connectivity index (χ0v) is 13.9. The van der Waals surface area contributed by atoms with Crippen LogP contribution in [-0.2, 0) is 17.8 Å². The normalized spacial score (nSPS) is 13.2. The molecule has 3 aromatic rings. The third-order valence-corrected chi connectivity index (χ3v) is 4.16. The second-order valence-corrected chi connectivity index (χ2v) is 6.03. The molecule has 4 rings (SSSR count). The third-order valence-electron chi connectivity index (χ3n) is 4.16. The summed E-state index contributed by atoms with van der Waals surface area (Å²) in [5.41, 5.74) is 1.79. The number of aryl methyl sites for hydroxylation is 1. The highest BCUT2D eigenvalue weighted by Gasteiger charge is 2.18. The molecule has 0 fully saturated rings. The topological polar surface area (TPSA) is 80.1 Å². The average molecular weight is 374 g/mol. The Bertz CT molecular complexity index is 1040. The summed E-state index contributed by atoms with van der Waals surface area (Å²) in [6, 6.07) is 6.15. The molecule has 2 aromatic carbocycles. The standard InChI is InChI=1S/C18H13F3N4O2/c19-11-3-1-10(5-12(11)20)18-24-17(27-25-18)8-22-15-6-9-2-4-16(26)23-14(9)7-13(15)21/h1,3,5-7,22H,2,4,8H2,(H,23,26). The highest BCUT2D eigenvalue weighted by Crippen LogP contribution is 2.29. The summed E-state index contributed by atoms with van der Waals surface area (Å²) < 4.78 is 45.6. The fourth-order valence-corrected chi connectivity index (χ4v) is 2.79. The lowest BCUT2D eigenvalue weighted by Crippen LogP contribution is -2.19. The number of carbonyl (C=O) groups excluding carboxylic acids is 1. The summed E-state index contributed by atoms with van der Waals surface area (Å²) in [5.74, 6) is -2.41. The van der Waals surface area contributed by atoms with E-state index in [1.165, 1.54) is 12.1 Å². The van der Waals surface area contributed by atoms with Crippen LogP contribution >= 0.6 is 0 Å². The molecule has 9 heteroatoms. The molecule has 1 amide bonds. The first-order chi connectivity index (χ1) is 13.0. The summed E-state index contributed by atoms with van der Waals surface area (Å²) in [7, 11) is 0. The van der Waals surface area contributed by atoms with Gasteiger partial charge in [0, 0.05) is 17.7 Å². The molecular weight excluding hydrogens is 361 g/mol. The van der Waals surface area contributed by atoms with E-state index in [4.69, 9.17) is 4.52 Å². The number of hydrogen-bond donors (Lipinski definition) is 2. The molecule has 27 heavy (non-hydrogen) atoms. The smallest absolute Gasteiger partial charge is 0.246 e. The number of amides is 1. The van der Waals surface area contributed by atoms with Gasteiger partial charge in [-0.25, -0.2) is 13.2 Å². The molecule has 2 heterocycles. The van der Waals surface area contributed by atoms with Gasteiger partial charge in [0.15, 0.2) is 11.6 Å². The maximum absolute atomic E-state index is 14.2. The number of benzene rings is 2. The molecule has 0 aliphatic carbocycles. The van der Waals surface area contributed by atoms with Gasteiger partial charge in [0.25, 0.3) is 0 Å². The first-order valence-electron chi connectivity index (χ1n) is 8.14. The van der Waals surface area contributed by atoms with Gasteiger partial charge in [0.05, 0.1) is 12.2 Å². The molecule has 6 nitrogen and oxygen atoms in total. The van der Waals surface area contributed by atoms with E-state index >= 15 is 0 Å². The van der Waals surface area contributed by atoms with Crippen LogP contribution in [0.4, 0.5) is 24.5 Å². The van der Waals surface area contributed by atoms with Crippen LogP contribution in [0.1, 0.15) is 17.9 Å². The first kappa shape index (κ1) is 17.1. The van der Waals surface area contributed by atoms with E-state index in [1.807, 2.05) is 0 Å². The number of hydrogen-bond acceptors (Lipinski definition) is 5. The van der Waals surface area contributed by atoms with Crippen molar-refractivity contribution in [1.82, 2.24) is 10.1 Å². The van der Waals surface area contributed by atoms with Crippen LogP contribution in [0.3, 0.4) is 0 Å². The number of anilines is 2. The molecule has 0 saturated carbocycles. The monoisotopic (exact) mass is 374 g/mol. The van der Waals surface area contributed by atoms with Gasteiger partial charge in [-0.2, -0.15) is 4.98 Å². The second-order valence-electron chi connectivity index (χ2n) is 6.03. The van der Waals surface area contributed by atoms with Gasteiger partial charge < -0.3 is 15.2 Å². The Morgan fingerprint density at radius 1 is 1.07 bits per heavy atom. The van der Waals surface area contributed by atoms with Crippen molar-refractivity contribution < 1.29 is 22.5 Å². The van der Waals surface area contributed by atoms with Crippen LogP contribution in [0.2, 0.25) is 0 Å². The zero-order valence-electron chi connectivity index (χ0n) is 13.9. The van der Waals surface area contributed by atoms with Crippen molar-refractivity contribution in [1.29, 1.82) is 0 Å². The molecule has 1 aromatic heterocycles. The Labute approximate surface area is 151 Å². The Morgan fingerprint density at radius 2 is 1.93 bits per heavy atom. The number of carbonyl (C=O) groups is 1. The molecule has 0 radical (unpaired) electrons. The van der Waals surface area contributed by atoms with Gasteiger partial charge in [-0.3, -0.25) is 4.79 Å². The van der Waals surface area contributed by atoms with Crippen LogP contribution in [0.5, 0.6) is 0 Å². The van der Waals surface area contributed by atoms with E-state index in [9.17, 15) is 18.0 Å². The number of aromatic nitrogens is 2. The van der Waals surface area contributed by atoms with E-state index in [0.717, 1.165) is 17.7 Å². The fourth-order valence-electron chi connectivity index (χ4n) is 2.79. The lowest BCUT2D eigenvalue weighted by Gasteiger charge is -2.18. The first-order valence-corrected chi connectivity index (χ1v) is 8.14. The number of fused-ring (bicyclic) bond motifs is 1. The summed E-state index contributed by atoms with van der Waals surface area (Å²) in [4.78, 5) is 15.5. The van der Waals surface area contributed by atoms with E-state index in [1.54, 1.807) is 6.07 Å². The van der Waals surface area contributed by atoms with Gasteiger partial charge >= 0.3 is 0 Å². The lowest BCUT2D eigenvalue weighted by molar-refractivity contribution is -0.116. The van der Waals surface area contributed by atoms with Gasteiger partial charge in [-0.1, -0.05) is 5.16 Å². The molecule has 0 unspecified atom stereocenters. The molecule has 0 atom stereocenters. The van der Waals surface area contributed by atoms with Gasteiger partial charge in [-0.05, 0) is 42.3 Å². The predicted octanol–water partition coefficient (Wildman–Crippen LogP) is 3.65. The maximum Gasteiger partial charge on any atom is 0.246 e. The third kappa shape index (κ3) is 3.48. The van der Waals surface area contributed by atoms with Crippen molar-refractivity contribution in [2.75, 3.05) is 10.6 Å². The van der Waals surface area contributed by atoms with Gasteiger partial charge in [0.2, 0.25) is 17.6 Å². The molecule has 0 saturated heterocycles. The maximum atomic E-state index is 14.2.